The van der Waals surface area contributed by atoms with Gasteiger partial charge in [-0.1, -0.05) is 11.6 Å². The van der Waals surface area contributed by atoms with Crippen molar-refractivity contribution in [3.8, 4) is 6.07 Å². The number of hydrogen-bond donors (Lipinski definition) is 1. The highest BCUT2D eigenvalue weighted by atomic mass is 16.6. The number of fused-ring (bicyclic) bond motifs is 1. The molecule has 0 aromatic heterocycles. The lowest BCUT2D eigenvalue weighted by atomic mass is 9.88. The van der Waals surface area contributed by atoms with E-state index in [2.05, 4.69) is 17.5 Å². The summed E-state index contributed by atoms with van der Waals surface area (Å²) < 4.78 is 5.43. The van der Waals surface area contributed by atoms with Crippen molar-refractivity contribution in [1.29, 1.82) is 5.26 Å². The van der Waals surface area contributed by atoms with E-state index in [0.29, 0.717) is 18.7 Å². The van der Waals surface area contributed by atoms with Crippen molar-refractivity contribution in [1.82, 2.24) is 4.90 Å². The van der Waals surface area contributed by atoms with Crippen molar-refractivity contribution in [3.05, 3.63) is 41.0 Å². The van der Waals surface area contributed by atoms with E-state index in [1.165, 1.54) is 11.1 Å². The number of ether oxygens (including phenoxy) is 1. The number of carbonyl (C=O) groups excluding carboxylic acids is 1. The van der Waals surface area contributed by atoms with Gasteiger partial charge in [0.1, 0.15) is 5.60 Å². The molecule has 2 aliphatic rings. The second kappa shape index (κ2) is 6.20. The van der Waals surface area contributed by atoms with Gasteiger partial charge in [0.15, 0.2) is 0 Å². The van der Waals surface area contributed by atoms with E-state index in [1.807, 2.05) is 39.0 Å². The first kappa shape index (κ1) is 16.4. The lowest BCUT2D eigenvalue weighted by Gasteiger charge is -2.31. The Morgan fingerprint density at radius 1 is 1.42 bits per heavy atom. The molecule has 0 bridgehead atoms. The average Bonchev–Trinajstić information content (AvgIpc) is 2.96. The second-order valence-corrected chi connectivity index (χ2v) is 7.30. The SMILES string of the molecule is CC(C)(C)OC(=O)N1CC=C(C2CNc3ccc(C#N)cc32)CC1. The fourth-order valence-electron chi connectivity index (χ4n) is 3.23. The predicted octanol–water partition coefficient (Wildman–Crippen LogP) is 3.63. The van der Waals surface area contributed by atoms with E-state index >= 15 is 0 Å². The smallest absolute Gasteiger partial charge is 0.410 e. The Morgan fingerprint density at radius 3 is 2.83 bits per heavy atom. The van der Waals surface area contributed by atoms with Crippen LogP contribution in [0.3, 0.4) is 0 Å². The molecule has 0 radical (unpaired) electrons. The van der Waals surface area contributed by atoms with E-state index in [4.69, 9.17) is 10.00 Å². The molecule has 0 saturated carbocycles. The van der Waals surface area contributed by atoms with E-state index in [9.17, 15) is 4.79 Å². The third-order valence-corrected chi connectivity index (χ3v) is 4.40. The molecule has 1 amide bonds. The Hall–Kier alpha value is -2.48. The number of anilines is 1. The summed E-state index contributed by atoms with van der Waals surface area (Å²) in [7, 11) is 0. The maximum absolute atomic E-state index is 12.1. The molecule has 0 saturated heterocycles. The monoisotopic (exact) mass is 325 g/mol. The minimum Gasteiger partial charge on any atom is -0.444 e. The molecule has 1 unspecified atom stereocenters. The average molecular weight is 325 g/mol. The highest BCUT2D eigenvalue weighted by Crippen LogP contribution is 2.38. The van der Waals surface area contributed by atoms with Crippen LogP contribution in [0.15, 0.2) is 29.8 Å². The van der Waals surface area contributed by atoms with Crippen LogP contribution in [0, 0.1) is 11.3 Å². The molecule has 2 heterocycles. The number of rotatable bonds is 1. The third-order valence-electron chi connectivity index (χ3n) is 4.40. The van der Waals surface area contributed by atoms with Crippen LogP contribution in [0.25, 0.3) is 0 Å². The van der Waals surface area contributed by atoms with Crippen molar-refractivity contribution in [3.63, 3.8) is 0 Å². The van der Waals surface area contributed by atoms with E-state index < -0.39 is 5.60 Å². The molecule has 0 aliphatic carbocycles. The zero-order valence-electron chi connectivity index (χ0n) is 14.4. The first-order chi connectivity index (χ1) is 11.4. The quantitative estimate of drug-likeness (QED) is 0.801. The van der Waals surface area contributed by atoms with Crippen LogP contribution in [0.4, 0.5) is 10.5 Å². The van der Waals surface area contributed by atoms with Gasteiger partial charge < -0.3 is 15.0 Å². The minimum absolute atomic E-state index is 0.255. The molecule has 5 nitrogen and oxygen atoms in total. The van der Waals surface area contributed by atoms with E-state index in [0.717, 1.165) is 18.7 Å². The van der Waals surface area contributed by atoms with Gasteiger partial charge in [-0.15, -0.1) is 0 Å². The first-order valence-corrected chi connectivity index (χ1v) is 8.32. The number of nitrogens with one attached hydrogen (secondary N) is 1. The van der Waals surface area contributed by atoms with Gasteiger partial charge in [0.2, 0.25) is 0 Å². The first-order valence-electron chi connectivity index (χ1n) is 8.32. The Labute approximate surface area is 142 Å². The van der Waals surface area contributed by atoms with Crippen LogP contribution in [-0.2, 0) is 4.74 Å². The number of carbonyl (C=O) groups is 1. The molecule has 1 atom stereocenters. The summed E-state index contributed by atoms with van der Waals surface area (Å²) in [5, 5.41) is 12.5. The molecular weight excluding hydrogens is 302 g/mol. The van der Waals surface area contributed by atoms with Gasteiger partial charge in [-0.2, -0.15) is 5.26 Å². The van der Waals surface area contributed by atoms with Crippen molar-refractivity contribution in [2.45, 2.75) is 38.7 Å². The van der Waals surface area contributed by atoms with Crippen LogP contribution in [-0.4, -0.2) is 36.2 Å². The highest BCUT2D eigenvalue weighted by molar-refractivity contribution is 5.69. The standard InChI is InChI=1S/C19H23N3O2/c1-19(2,3)24-18(23)22-8-6-14(7-9-22)16-12-21-17-5-4-13(11-20)10-15(16)17/h4-6,10,16,21H,7-9,12H2,1-3H3. The van der Waals surface area contributed by atoms with Crippen LogP contribution in [0.1, 0.15) is 44.2 Å². The molecule has 2 aliphatic heterocycles. The summed E-state index contributed by atoms with van der Waals surface area (Å²) >= 11 is 0. The largest absolute Gasteiger partial charge is 0.444 e. The van der Waals surface area contributed by atoms with E-state index in [-0.39, 0.29) is 12.0 Å². The molecular formula is C19H23N3O2. The van der Waals surface area contributed by atoms with Crippen LogP contribution < -0.4 is 5.32 Å². The van der Waals surface area contributed by atoms with Gasteiger partial charge in [0, 0.05) is 31.2 Å². The number of amides is 1. The number of nitriles is 1. The number of benzene rings is 1. The van der Waals surface area contributed by atoms with Crippen LogP contribution in [0.2, 0.25) is 0 Å². The summed E-state index contributed by atoms with van der Waals surface area (Å²) in [6.45, 7) is 7.74. The fraction of sp³-hybridized carbons (Fsp3) is 0.474. The molecule has 1 aromatic carbocycles. The van der Waals surface area contributed by atoms with Gasteiger partial charge in [-0.3, -0.25) is 0 Å². The van der Waals surface area contributed by atoms with Gasteiger partial charge in [-0.05, 0) is 51.0 Å². The molecule has 1 N–H and O–H groups in total. The fourth-order valence-corrected chi connectivity index (χ4v) is 3.23. The maximum Gasteiger partial charge on any atom is 0.410 e. The van der Waals surface area contributed by atoms with Crippen molar-refractivity contribution >= 4 is 11.8 Å². The van der Waals surface area contributed by atoms with Gasteiger partial charge >= 0.3 is 6.09 Å². The van der Waals surface area contributed by atoms with E-state index in [1.54, 1.807) is 4.90 Å². The molecule has 3 rings (SSSR count). The molecule has 0 fully saturated rings. The van der Waals surface area contributed by atoms with Gasteiger partial charge in [0.25, 0.3) is 0 Å². The predicted molar refractivity (Wildman–Crippen MR) is 92.9 cm³/mol. The summed E-state index contributed by atoms with van der Waals surface area (Å²) in [6, 6.07) is 8.00. The molecule has 0 spiro atoms. The Bertz CT molecular complexity index is 725. The molecule has 1 aromatic rings. The topological polar surface area (TPSA) is 65.4 Å². The lowest BCUT2D eigenvalue weighted by Crippen LogP contribution is -2.39. The second-order valence-electron chi connectivity index (χ2n) is 7.30. The van der Waals surface area contributed by atoms with Gasteiger partial charge in [0.05, 0.1) is 11.6 Å². The zero-order valence-corrected chi connectivity index (χ0v) is 14.4. The number of nitrogens with zero attached hydrogens (tertiary/aromatic N) is 2. The summed E-state index contributed by atoms with van der Waals surface area (Å²) in [6.07, 6.45) is 2.71. The molecule has 126 valence electrons. The Kier molecular flexibility index (Phi) is 4.23. The summed E-state index contributed by atoms with van der Waals surface area (Å²) in [5.41, 5.74) is 3.84. The lowest BCUT2D eigenvalue weighted by molar-refractivity contribution is 0.0265. The zero-order chi connectivity index (χ0) is 17.3. The van der Waals surface area contributed by atoms with Crippen LogP contribution in [0.5, 0.6) is 0 Å². The Morgan fingerprint density at radius 2 is 2.21 bits per heavy atom. The van der Waals surface area contributed by atoms with Crippen molar-refractivity contribution in [2.75, 3.05) is 25.0 Å². The van der Waals surface area contributed by atoms with Crippen molar-refractivity contribution in [2.24, 2.45) is 0 Å². The van der Waals surface area contributed by atoms with Crippen LogP contribution >= 0.6 is 0 Å². The molecule has 5 heteroatoms. The Balaban J connectivity index is 1.71. The maximum atomic E-state index is 12.1. The summed E-state index contributed by atoms with van der Waals surface area (Å²) in [5.74, 6) is 0.286. The number of hydrogen-bond acceptors (Lipinski definition) is 4. The molecule has 24 heavy (non-hydrogen) atoms. The summed E-state index contributed by atoms with van der Waals surface area (Å²) in [4.78, 5) is 13.9. The van der Waals surface area contributed by atoms with Crippen molar-refractivity contribution < 1.29 is 9.53 Å². The minimum atomic E-state index is -0.469. The third kappa shape index (κ3) is 3.38. The normalized spacial score (nSPS) is 19.8. The van der Waals surface area contributed by atoms with Gasteiger partial charge in [-0.25, -0.2) is 4.79 Å². The highest BCUT2D eigenvalue weighted by Gasteiger charge is 2.29.